The van der Waals surface area contributed by atoms with Crippen LogP contribution in [0.5, 0.6) is 0 Å². The van der Waals surface area contributed by atoms with Gasteiger partial charge in [0.05, 0.1) is 0 Å². The van der Waals surface area contributed by atoms with E-state index in [9.17, 15) is 31.5 Å². The Bertz CT molecular complexity index is 281. The van der Waals surface area contributed by atoms with Crippen LogP contribution in [-0.2, 0) is 9.59 Å². The third-order valence-electron chi connectivity index (χ3n) is 1.43. The van der Waals surface area contributed by atoms with Crippen molar-refractivity contribution in [3.8, 4) is 0 Å². The van der Waals surface area contributed by atoms with Crippen LogP contribution in [0.2, 0.25) is 0 Å². The highest BCUT2D eigenvalue weighted by atomic mass is 19.4. The topological polar surface area (TPSA) is 94.8 Å². The van der Waals surface area contributed by atoms with Gasteiger partial charge in [-0.05, 0) is 0 Å². The molecule has 0 aliphatic rings. The number of halogens is 5. The van der Waals surface area contributed by atoms with E-state index in [-0.39, 0.29) is 0 Å². The lowest BCUT2D eigenvalue weighted by Crippen LogP contribution is -2.65. The largest absolute Gasteiger partial charge is 0.478 e. The number of carboxylic acids is 2. The van der Waals surface area contributed by atoms with Gasteiger partial charge in [0.15, 0.2) is 0 Å². The first-order chi connectivity index (χ1) is 6.39. The highest BCUT2D eigenvalue weighted by Gasteiger charge is 2.77. The van der Waals surface area contributed by atoms with Crippen LogP contribution in [0, 0.1) is 0 Å². The standard InChI is InChI=1S/C5H3F5O5/c6-4(7,5(8,9)10)3(15,1(11)12)2(13)14/h15H,(H,11,12)(H,13,14). The fourth-order valence-corrected chi connectivity index (χ4v) is 0.565. The van der Waals surface area contributed by atoms with Crippen LogP contribution >= 0.6 is 0 Å². The van der Waals surface area contributed by atoms with Gasteiger partial charge in [-0.3, -0.25) is 0 Å². The molecule has 0 aromatic heterocycles. The van der Waals surface area contributed by atoms with Gasteiger partial charge in [0.2, 0.25) is 0 Å². The maximum absolute atomic E-state index is 12.3. The lowest BCUT2D eigenvalue weighted by atomic mass is 9.95. The van der Waals surface area contributed by atoms with Crippen LogP contribution in [0.3, 0.4) is 0 Å². The molecule has 0 aliphatic carbocycles. The third-order valence-corrected chi connectivity index (χ3v) is 1.43. The van der Waals surface area contributed by atoms with Crippen molar-refractivity contribution in [3.05, 3.63) is 0 Å². The Balaban J connectivity index is 5.68. The molecule has 0 bridgehead atoms. The molecule has 0 amide bonds. The fourth-order valence-electron chi connectivity index (χ4n) is 0.565. The summed E-state index contributed by atoms with van der Waals surface area (Å²) in [6.45, 7) is 0. The monoisotopic (exact) mass is 238 g/mol. The first kappa shape index (κ1) is 13.6. The van der Waals surface area contributed by atoms with E-state index in [2.05, 4.69) is 0 Å². The maximum Gasteiger partial charge on any atom is 0.457 e. The highest BCUT2D eigenvalue weighted by Crippen LogP contribution is 2.43. The van der Waals surface area contributed by atoms with Gasteiger partial charge in [-0.15, -0.1) is 0 Å². The summed E-state index contributed by atoms with van der Waals surface area (Å²) < 4.78 is 59.5. The lowest BCUT2D eigenvalue weighted by molar-refractivity contribution is -0.331. The molecule has 88 valence electrons. The SMILES string of the molecule is O=C(O)C(O)(C(=O)O)C(F)(F)C(F)(F)F. The zero-order valence-electron chi connectivity index (χ0n) is 6.55. The van der Waals surface area contributed by atoms with Crippen molar-refractivity contribution in [3.63, 3.8) is 0 Å². The van der Waals surface area contributed by atoms with E-state index in [1.807, 2.05) is 0 Å². The summed E-state index contributed by atoms with van der Waals surface area (Å²) in [6.07, 6.45) is -6.50. The maximum atomic E-state index is 12.3. The smallest absolute Gasteiger partial charge is 0.457 e. The number of aliphatic carboxylic acids is 2. The summed E-state index contributed by atoms with van der Waals surface area (Å²) in [6, 6.07) is 0. The number of aliphatic hydroxyl groups is 1. The first-order valence-electron chi connectivity index (χ1n) is 3.02. The fraction of sp³-hybridized carbons (Fsp3) is 0.600. The Labute approximate surface area is 77.7 Å². The Morgan fingerprint density at radius 2 is 1.13 bits per heavy atom. The van der Waals surface area contributed by atoms with Gasteiger partial charge in [0, 0.05) is 0 Å². The molecule has 15 heavy (non-hydrogen) atoms. The lowest BCUT2D eigenvalue weighted by Gasteiger charge is -2.29. The quantitative estimate of drug-likeness (QED) is 0.478. The minimum atomic E-state index is -6.50. The predicted molar refractivity (Wildman–Crippen MR) is 31.2 cm³/mol. The van der Waals surface area contributed by atoms with E-state index in [0.29, 0.717) is 0 Å². The Morgan fingerprint density at radius 3 is 1.20 bits per heavy atom. The molecule has 0 rings (SSSR count). The second kappa shape index (κ2) is 3.29. The van der Waals surface area contributed by atoms with Gasteiger partial charge >= 0.3 is 29.6 Å². The second-order valence-corrected chi connectivity index (χ2v) is 2.39. The zero-order chi connectivity index (χ0) is 12.7. The van der Waals surface area contributed by atoms with Gasteiger partial charge in [0.25, 0.3) is 0 Å². The van der Waals surface area contributed by atoms with Crippen molar-refractivity contribution in [2.45, 2.75) is 17.7 Å². The van der Waals surface area contributed by atoms with Gasteiger partial charge in [-0.2, -0.15) is 22.0 Å². The number of hydrogen-bond donors (Lipinski definition) is 3. The number of carbonyl (C=O) groups is 2. The molecule has 0 aromatic rings. The van der Waals surface area contributed by atoms with Crippen molar-refractivity contribution in [2.24, 2.45) is 0 Å². The van der Waals surface area contributed by atoms with Crippen LogP contribution in [0.25, 0.3) is 0 Å². The molecular formula is C5H3F5O5. The average Bonchev–Trinajstić information content (AvgIpc) is 1.99. The van der Waals surface area contributed by atoms with E-state index < -0.39 is 29.6 Å². The Morgan fingerprint density at radius 1 is 0.867 bits per heavy atom. The van der Waals surface area contributed by atoms with E-state index >= 15 is 0 Å². The summed E-state index contributed by atoms with van der Waals surface area (Å²) in [5.74, 6) is -12.7. The Hall–Kier alpha value is -1.45. The molecule has 0 aromatic carbocycles. The number of alkyl halides is 5. The van der Waals surface area contributed by atoms with Crippen LogP contribution in [0.1, 0.15) is 0 Å². The Kier molecular flexibility index (Phi) is 2.97. The van der Waals surface area contributed by atoms with Crippen LogP contribution in [0.15, 0.2) is 0 Å². The van der Waals surface area contributed by atoms with Crippen LogP contribution in [-0.4, -0.2) is 45.0 Å². The van der Waals surface area contributed by atoms with Crippen LogP contribution < -0.4 is 0 Å². The summed E-state index contributed by atoms with van der Waals surface area (Å²) >= 11 is 0. The molecule has 5 nitrogen and oxygen atoms in total. The molecule has 0 aliphatic heterocycles. The van der Waals surface area contributed by atoms with Crippen molar-refractivity contribution >= 4 is 11.9 Å². The third kappa shape index (κ3) is 1.71. The average molecular weight is 238 g/mol. The summed E-state index contributed by atoms with van der Waals surface area (Å²) in [5, 5.41) is 24.1. The second-order valence-electron chi connectivity index (χ2n) is 2.39. The van der Waals surface area contributed by atoms with E-state index in [0.717, 1.165) is 0 Å². The van der Waals surface area contributed by atoms with Gasteiger partial charge in [-0.25, -0.2) is 9.59 Å². The molecule has 0 spiro atoms. The molecule has 0 unspecified atom stereocenters. The van der Waals surface area contributed by atoms with Gasteiger partial charge in [0.1, 0.15) is 0 Å². The van der Waals surface area contributed by atoms with E-state index in [1.165, 1.54) is 0 Å². The highest BCUT2D eigenvalue weighted by molar-refractivity contribution is 6.03. The van der Waals surface area contributed by atoms with Gasteiger partial charge in [-0.1, -0.05) is 0 Å². The zero-order valence-corrected chi connectivity index (χ0v) is 6.55. The van der Waals surface area contributed by atoms with Crippen molar-refractivity contribution in [1.82, 2.24) is 0 Å². The molecule has 0 saturated carbocycles. The van der Waals surface area contributed by atoms with E-state index in [4.69, 9.17) is 15.3 Å². The van der Waals surface area contributed by atoms with Crippen molar-refractivity contribution in [2.75, 3.05) is 0 Å². The number of hydrogen-bond acceptors (Lipinski definition) is 3. The molecule has 0 atom stereocenters. The molecular weight excluding hydrogens is 235 g/mol. The molecule has 0 radical (unpaired) electrons. The minimum absolute atomic E-state index is 3.21. The summed E-state index contributed by atoms with van der Waals surface area (Å²) in [4.78, 5) is 19.9. The van der Waals surface area contributed by atoms with E-state index in [1.54, 1.807) is 0 Å². The normalized spacial score (nSPS) is 13.7. The molecule has 3 N–H and O–H groups in total. The first-order valence-corrected chi connectivity index (χ1v) is 3.02. The minimum Gasteiger partial charge on any atom is -0.478 e. The molecule has 0 heterocycles. The van der Waals surface area contributed by atoms with Gasteiger partial charge < -0.3 is 15.3 Å². The molecule has 10 heteroatoms. The van der Waals surface area contributed by atoms with Crippen molar-refractivity contribution < 1.29 is 46.9 Å². The van der Waals surface area contributed by atoms with Crippen molar-refractivity contribution in [1.29, 1.82) is 0 Å². The number of carboxylic acid groups (broad SMARTS) is 2. The molecule has 0 saturated heterocycles. The summed E-state index contributed by atoms with van der Waals surface area (Å²) in [7, 11) is 0. The molecule has 0 fully saturated rings. The van der Waals surface area contributed by atoms with Crippen LogP contribution in [0.4, 0.5) is 22.0 Å². The predicted octanol–water partition coefficient (Wildman–Crippen LogP) is 0.0843. The number of rotatable bonds is 3. The summed E-state index contributed by atoms with van der Waals surface area (Å²) in [5.41, 5.74) is -5.24.